The smallest absolute Gasteiger partial charge is 0.329 e. The second-order valence-corrected chi connectivity index (χ2v) is 5.42. The highest BCUT2D eigenvalue weighted by Gasteiger charge is 2.15. The number of carbonyl (C=O) groups is 2. The van der Waals surface area contributed by atoms with Gasteiger partial charge in [-0.05, 0) is 38.1 Å². The van der Waals surface area contributed by atoms with Crippen molar-refractivity contribution in [2.45, 2.75) is 13.8 Å². The van der Waals surface area contributed by atoms with E-state index in [1.807, 2.05) is 13.8 Å². The van der Waals surface area contributed by atoms with Gasteiger partial charge in [0, 0.05) is 11.6 Å². The quantitative estimate of drug-likeness (QED) is 0.413. The lowest BCUT2D eigenvalue weighted by Crippen LogP contribution is -2.32. The Morgan fingerprint density at radius 3 is 2.46 bits per heavy atom. The van der Waals surface area contributed by atoms with Crippen molar-refractivity contribution < 1.29 is 23.8 Å². The predicted molar refractivity (Wildman–Crippen MR) is 106 cm³/mol. The largest absolute Gasteiger partial charge is 0.495 e. The molecule has 0 atom stereocenters. The van der Waals surface area contributed by atoms with Crippen molar-refractivity contribution >= 4 is 23.7 Å². The zero-order chi connectivity index (χ0) is 20.4. The first kappa shape index (κ1) is 20.8. The zero-order valence-corrected chi connectivity index (χ0v) is 16.0. The summed E-state index contributed by atoms with van der Waals surface area (Å²) in [5.74, 6) is -0.0967. The summed E-state index contributed by atoms with van der Waals surface area (Å²) >= 11 is 0. The summed E-state index contributed by atoms with van der Waals surface area (Å²) in [5, 5.41) is 6.30. The van der Waals surface area contributed by atoms with Crippen LogP contribution in [0.5, 0.6) is 17.2 Å². The molecule has 0 aromatic heterocycles. The van der Waals surface area contributed by atoms with Gasteiger partial charge in [-0.15, -0.1) is 0 Å². The van der Waals surface area contributed by atoms with Gasteiger partial charge in [-0.2, -0.15) is 5.10 Å². The van der Waals surface area contributed by atoms with Crippen molar-refractivity contribution in [2.75, 3.05) is 25.6 Å². The SMILES string of the molecule is CCOc1ccc(/C=N\NC(=O)C(=O)Nc2ccccc2OC)c(OCC)c1. The van der Waals surface area contributed by atoms with Crippen molar-refractivity contribution in [1.29, 1.82) is 0 Å². The monoisotopic (exact) mass is 385 g/mol. The Kier molecular flexibility index (Phi) is 7.83. The summed E-state index contributed by atoms with van der Waals surface area (Å²) in [6.45, 7) is 4.75. The van der Waals surface area contributed by atoms with E-state index in [1.165, 1.54) is 13.3 Å². The van der Waals surface area contributed by atoms with Crippen LogP contribution in [0.3, 0.4) is 0 Å². The minimum Gasteiger partial charge on any atom is -0.495 e. The van der Waals surface area contributed by atoms with Crippen LogP contribution in [0.1, 0.15) is 19.4 Å². The van der Waals surface area contributed by atoms with E-state index in [4.69, 9.17) is 14.2 Å². The van der Waals surface area contributed by atoms with Gasteiger partial charge < -0.3 is 19.5 Å². The standard InChI is InChI=1S/C20H23N3O5/c1-4-27-15-11-10-14(18(12-15)28-5-2)13-21-23-20(25)19(24)22-16-8-6-7-9-17(16)26-3/h6-13H,4-5H2,1-3H3,(H,22,24)(H,23,25)/b21-13-. The van der Waals surface area contributed by atoms with E-state index in [2.05, 4.69) is 15.8 Å². The average molecular weight is 385 g/mol. The number of anilines is 1. The Bertz CT molecular complexity index is 851. The summed E-state index contributed by atoms with van der Waals surface area (Å²) in [4.78, 5) is 24.0. The van der Waals surface area contributed by atoms with Crippen molar-refractivity contribution in [1.82, 2.24) is 5.43 Å². The number of benzene rings is 2. The topological polar surface area (TPSA) is 98.2 Å². The third-order valence-corrected chi connectivity index (χ3v) is 3.53. The maximum Gasteiger partial charge on any atom is 0.329 e. The van der Waals surface area contributed by atoms with Crippen molar-refractivity contribution in [3.8, 4) is 17.2 Å². The van der Waals surface area contributed by atoms with Gasteiger partial charge >= 0.3 is 11.8 Å². The maximum atomic E-state index is 12.0. The summed E-state index contributed by atoms with van der Waals surface area (Å²) in [6, 6.07) is 12.0. The fourth-order valence-corrected chi connectivity index (χ4v) is 2.30. The highest BCUT2D eigenvalue weighted by Crippen LogP contribution is 2.24. The second kappa shape index (κ2) is 10.6. The Morgan fingerprint density at radius 1 is 1.00 bits per heavy atom. The van der Waals surface area contributed by atoms with Gasteiger partial charge in [0.05, 0.1) is 32.2 Å². The van der Waals surface area contributed by atoms with E-state index in [1.54, 1.807) is 42.5 Å². The van der Waals surface area contributed by atoms with Crippen LogP contribution in [0.25, 0.3) is 0 Å². The van der Waals surface area contributed by atoms with Crippen molar-refractivity contribution in [3.63, 3.8) is 0 Å². The molecule has 0 aliphatic heterocycles. The lowest BCUT2D eigenvalue weighted by Gasteiger charge is -2.10. The lowest BCUT2D eigenvalue weighted by molar-refractivity contribution is -0.136. The Balaban J connectivity index is 2.01. The van der Waals surface area contributed by atoms with Crippen LogP contribution in [-0.4, -0.2) is 38.4 Å². The molecule has 0 aliphatic carbocycles. The molecule has 2 aromatic rings. The molecule has 2 amide bonds. The van der Waals surface area contributed by atoms with Gasteiger partial charge in [-0.1, -0.05) is 12.1 Å². The van der Waals surface area contributed by atoms with Gasteiger partial charge in [-0.25, -0.2) is 5.43 Å². The summed E-state index contributed by atoms with van der Waals surface area (Å²) in [6.07, 6.45) is 1.40. The van der Waals surface area contributed by atoms with Gasteiger partial charge in [0.1, 0.15) is 17.2 Å². The van der Waals surface area contributed by atoms with Crippen LogP contribution in [0.4, 0.5) is 5.69 Å². The van der Waals surface area contributed by atoms with E-state index in [0.717, 1.165) is 0 Å². The van der Waals surface area contributed by atoms with Gasteiger partial charge in [0.15, 0.2) is 0 Å². The van der Waals surface area contributed by atoms with E-state index < -0.39 is 11.8 Å². The Labute approximate surface area is 163 Å². The third-order valence-electron chi connectivity index (χ3n) is 3.53. The summed E-state index contributed by atoms with van der Waals surface area (Å²) in [5.41, 5.74) is 3.21. The van der Waals surface area contributed by atoms with Crippen LogP contribution in [0, 0.1) is 0 Å². The molecule has 28 heavy (non-hydrogen) atoms. The summed E-state index contributed by atoms with van der Waals surface area (Å²) < 4.78 is 16.1. The number of hydrogen-bond donors (Lipinski definition) is 2. The minimum absolute atomic E-state index is 0.388. The molecule has 8 heteroatoms. The molecule has 2 N–H and O–H groups in total. The van der Waals surface area contributed by atoms with Crippen LogP contribution < -0.4 is 25.0 Å². The minimum atomic E-state index is -0.911. The number of hydrogen-bond acceptors (Lipinski definition) is 6. The molecule has 0 saturated carbocycles. The van der Waals surface area contributed by atoms with Crippen molar-refractivity contribution in [2.24, 2.45) is 5.10 Å². The number of methoxy groups -OCH3 is 1. The fraction of sp³-hybridized carbons (Fsp3) is 0.250. The molecule has 0 bridgehead atoms. The number of nitrogens with one attached hydrogen (secondary N) is 2. The predicted octanol–water partition coefficient (Wildman–Crippen LogP) is 2.58. The normalized spacial score (nSPS) is 10.4. The molecule has 2 rings (SSSR count). The molecule has 0 saturated heterocycles. The van der Waals surface area contributed by atoms with E-state index in [0.29, 0.717) is 41.7 Å². The third kappa shape index (κ3) is 5.73. The molecule has 0 aliphatic rings. The van der Waals surface area contributed by atoms with Gasteiger partial charge in [0.25, 0.3) is 0 Å². The molecule has 2 aromatic carbocycles. The molecule has 0 heterocycles. The molecule has 0 spiro atoms. The van der Waals surface area contributed by atoms with E-state index >= 15 is 0 Å². The van der Waals surface area contributed by atoms with Crippen LogP contribution >= 0.6 is 0 Å². The number of rotatable bonds is 8. The number of nitrogens with zero attached hydrogens (tertiary/aromatic N) is 1. The van der Waals surface area contributed by atoms with Gasteiger partial charge in [0.2, 0.25) is 0 Å². The molecule has 0 fully saturated rings. The highest BCUT2D eigenvalue weighted by molar-refractivity contribution is 6.39. The van der Waals surface area contributed by atoms with Crippen LogP contribution in [0.15, 0.2) is 47.6 Å². The summed E-state index contributed by atoms with van der Waals surface area (Å²) in [7, 11) is 1.47. The number of para-hydroxylation sites is 2. The molecule has 0 radical (unpaired) electrons. The molecule has 0 unspecified atom stereocenters. The molecule has 148 valence electrons. The number of ether oxygens (including phenoxy) is 3. The first-order chi connectivity index (χ1) is 13.6. The highest BCUT2D eigenvalue weighted by atomic mass is 16.5. The van der Waals surface area contributed by atoms with E-state index in [-0.39, 0.29) is 0 Å². The fourth-order valence-electron chi connectivity index (χ4n) is 2.30. The Hall–Kier alpha value is -3.55. The first-order valence-electron chi connectivity index (χ1n) is 8.76. The Morgan fingerprint density at radius 2 is 1.75 bits per heavy atom. The van der Waals surface area contributed by atoms with Crippen LogP contribution in [-0.2, 0) is 9.59 Å². The van der Waals surface area contributed by atoms with Crippen LogP contribution in [0.2, 0.25) is 0 Å². The van der Waals surface area contributed by atoms with E-state index in [9.17, 15) is 9.59 Å². The number of amides is 2. The molecular formula is C20H23N3O5. The van der Waals surface area contributed by atoms with Crippen molar-refractivity contribution in [3.05, 3.63) is 48.0 Å². The lowest BCUT2D eigenvalue weighted by atomic mass is 10.2. The maximum absolute atomic E-state index is 12.0. The molecular weight excluding hydrogens is 362 g/mol. The van der Waals surface area contributed by atoms with Gasteiger partial charge in [-0.3, -0.25) is 9.59 Å². The molecule has 8 nitrogen and oxygen atoms in total. The second-order valence-electron chi connectivity index (χ2n) is 5.42. The number of hydrazone groups is 1. The zero-order valence-electron chi connectivity index (χ0n) is 16.0. The number of carbonyl (C=O) groups excluding carboxylic acids is 2. The first-order valence-corrected chi connectivity index (χ1v) is 8.76. The average Bonchev–Trinajstić information content (AvgIpc) is 2.70.